The van der Waals surface area contributed by atoms with Gasteiger partial charge in [0.2, 0.25) is 0 Å². The predicted molar refractivity (Wildman–Crippen MR) is 152 cm³/mol. The number of benzene rings is 1. The van der Waals surface area contributed by atoms with Gasteiger partial charge in [-0.2, -0.15) is 0 Å². The van der Waals surface area contributed by atoms with E-state index in [4.69, 9.17) is 11.6 Å². The van der Waals surface area contributed by atoms with Gasteiger partial charge in [-0.3, -0.25) is 14.6 Å². The molecule has 0 heterocycles. The molecule has 8 nitrogen and oxygen atoms in total. The van der Waals surface area contributed by atoms with E-state index in [9.17, 15) is 19.8 Å². The number of allylic oxidation sites excluding steroid dienone is 4. The Kier molecular flexibility index (Phi) is 12.8. The maximum atomic E-state index is 13.2. The molecule has 4 N–H and O–H groups in total. The van der Waals surface area contributed by atoms with Crippen molar-refractivity contribution in [3.63, 3.8) is 0 Å². The standard InChI is InChI=1S/C29H41ClN4O4/c1-6-17-33(21(4)23-13-8-14-24(30)19-23)29(38)27(36)26(35)28(37)32-20(3)22-11-9-15-25(16-10-12-22)34(31-5)18-7-2/h7-9,11-14,16,18-21,26-27,31,35-36H,6,10,15,17H2,1-5H3,(H,32,37)/b11-9?,18-7-,22-12+,25-16+/t20-,21?,26-,27-/m1/s1. The summed E-state index contributed by atoms with van der Waals surface area (Å²) in [5, 5.41) is 26.5. The normalized spacial score (nSPS) is 19.7. The van der Waals surface area contributed by atoms with Crippen LogP contribution in [0.15, 0.2) is 72.1 Å². The first-order valence-electron chi connectivity index (χ1n) is 13.0. The molecule has 0 saturated heterocycles. The van der Waals surface area contributed by atoms with Crippen molar-refractivity contribution in [2.45, 2.75) is 71.2 Å². The number of carbonyl (C=O) groups is 2. The van der Waals surface area contributed by atoms with Crippen LogP contribution >= 0.6 is 11.6 Å². The van der Waals surface area contributed by atoms with E-state index in [1.165, 1.54) is 4.90 Å². The molecule has 0 aliphatic heterocycles. The van der Waals surface area contributed by atoms with Crippen LogP contribution in [0.5, 0.6) is 0 Å². The minimum atomic E-state index is -1.91. The zero-order chi connectivity index (χ0) is 28.2. The molecule has 1 unspecified atom stereocenters. The van der Waals surface area contributed by atoms with Gasteiger partial charge in [0.1, 0.15) is 0 Å². The van der Waals surface area contributed by atoms with Gasteiger partial charge >= 0.3 is 0 Å². The highest BCUT2D eigenvalue weighted by Gasteiger charge is 2.35. The average molecular weight is 545 g/mol. The number of hydrogen-bond donors (Lipinski definition) is 4. The molecule has 1 aliphatic carbocycles. The van der Waals surface area contributed by atoms with Crippen LogP contribution in [0.25, 0.3) is 0 Å². The Bertz CT molecular complexity index is 1070. The fraction of sp³-hybridized carbons (Fsp3) is 0.448. The van der Waals surface area contributed by atoms with Gasteiger partial charge in [0.15, 0.2) is 12.2 Å². The van der Waals surface area contributed by atoms with Crippen LogP contribution in [0.1, 0.15) is 58.6 Å². The number of amides is 2. The number of carbonyl (C=O) groups excluding carboxylic acids is 2. The van der Waals surface area contributed by atoms with E-state index in [1.54, 1.807) is 25.1 Å². The highest BCUT2D eigenvalue weighted by molar-refractivity contribution is 6.30. The molecule has 2 amide bonds. The third kappa shape index (κ3) is 8.56. The summed E-state index contributed by atoms with van der Waals surface area (Å²) in [4.78, 5) is 27.4. The monoisotopic (exact) mass is 544 g/mol. The van der Waals surface area contributed by atoms with Crippen molar-refractivity contribution in [1.82, 2.24) is 20.7 Å². The van der Waals surface area contributed by atoms with E-state index in [1.807, 2.05) is 69.4 Å². The molecule has 0 bridgehead atoms. The van der Waals surface area contributed by atoms with E-state index >= 15 is 0 Å². The zero-order valence-corrected chi connectivity index (χ0v) is 23.7. The van der Waals surface area contributed by atoms with Crippen molar-refractivity contribution in [3.8, 4) is 0 Å². The van der Waals surface area contributed by atoms with Crippen LogP contribution in [-0.4, -0.2) is 63.8 Å². The molecular formula is C29H41ClN4O4. The fourth-order valence-electron chi connectivity index (χ4n) is 4.29. The van der Waals surface area contributed by atoms with Crippen LogP contribution in [0.3, 0.4) is 0 Å². The number of nitrogens with zero attached hydrogens (tertiary/aromatic N) is 2. The van der Waals surface area contributed by atoms with E-state index in [0.29, 0.717) is 30.8 Å². The number of rotatable bonds is 12. The van der Waals surface area contributed by atoms with Gasteiger partial charge in [-0.1, -0.05) is 61.0 Å². The molecule has 1 aliphatic rings. The van der Waals surface area contributed by atoms with Gasteiger partial charge < -0.3 is 20.4 Å². The van der Waals surface area contributed by atoms with E-state index in [2.05, 4.69) is 16.8 Å². The predicted octanol–water partition coefficient (Wildman–Crippen LogP) is 4.00. The first kappa shape index (κ1) is 31.3. The Balaban J connectivity index is 2.07. The van der Waals surface area contributed by atoms with Crippen molar-refractivity contribution >= 4 is 23.4 Å². The molecule has 208 valence electrons. The van der Waals surface area contributed by atoms with Gasteiger partial charge in [0.25, 0.3) is 11.8 Å². The fourth-order valence-corrected chi connectivity index (χ4v) is 4.49. The topological polar surface area (TPSA) is 105 Å². The third-order valence-electron chi connectivity index (χ3n) is 6.42. The second-order valence-electron chi connectivity index (χ2n) is 9.20. The van der Waals surface area contributed by atoms with Gasteiger partial charge in [-0.05, 0) is 56.9 Å². The summed E-state index contributed by atoms with van der Waals surface area (Å²) in [6.07, 6.45) is 10.1. The molecule has 0 aromatic heterocycles. The summed E-state index contributed by atoms with van der Waals surface area (Å²) < 4.78 is 0. The lowest BCUT2D eigenvalue weighted by Gasteiger charge is -2.32. The number of halogens is 1. The highest BCUT2D eigenvalue weighted by atomic mass is 35.5. The molecular weight excluding hydrogens is 504 g/mol. The molecule has 1 aromatic carbocycles. The molecule has 9 heteroatoms. The third-order valence-corrected chi connectivity index (χ3v) is 6.65. The van der Waals surface area contributed by atoms with E-state index in [0.717, 1.165) is 16.8 Å². The molecule has 1 aromatic rings. The Morgan fingerprint density at radius 2 is 1.92 bits per heavy atom. The minimum Gasteiger partial charge on any atom is -0.380 e. The van der Waals surface area contributed by atoms with Crippen molar-refractivity contribution in [3.05, 3.63) is 82.7 Å². The number of hydrazine groups is 1. The first-order chi connectivity index (χ1) is 18.1. The quantitative estimate of drug-likeness (QED) is 0.296. The summed E-state index contributed by atoms with van der Waals surface area (Å²) in [5.41, 5.74) is 5.88. The molecule has 4 atom stereocenters. The van der Waals surface area contributed by atoms with Gasteiger partial charge in [0.05, 0.1) is 12.1 Å². The van der Waals surface area contributed by atoms with Crippen molar-refractivity contribution in [1.29, 1.82) is 0 Å². The lowest BCUT2D eigenvalue weighted by Crippen LogP contribution is -2.52. The maximum Gasteiger partial charge on any atom is 0.255 e. The SMILES string of the molecule is C/C=C\N(NC)/C1=C/C/C=C(/[C@@H](C)NC(=O)[C@H](O)[C@@H](O)C(=O)N(CCC)C(C)c2cccc(Cl)c2)C=CC1. The lowest BCUT2D eigenvalue weighted by atomic mass is 10.0. The summed E-state index contributed by atoms with van der Waals surface area (Å²) >= 11 is 6.11. The summed E-state index contributed by atoms with van der Waals surface area (Å²) in [5.74, 6) is -1.53. The number of nitrogens with one attached hydrogen (secondary N) is 2. The van der Waals surface area contributed by atoms with Gasteiger partial charge in [-0.25, -0.2) is 5.43 Å². The van der Waals surface area contributed by atoms with Crippen LogP contribution in [0, 0.1) is 0 Å². The van der Waals surface area contributed by atoms with E-state index in [-0.39, 0.29) is 0 Å². The van der Waals surface area contributed by atoms with Crippen LogP contribution in [-0.2, 0) is 9.59 Å². The Morgan fingerprint density at radius 1 is 1.18 bits per heavy atom. The Morgan fingerprint density at radius 3 is 2.55 bits per heavy atom. The van der Waals surface area contributed by atoms with Crippen LogP contribution in [0.2, 0.25) is 5.02 Å². The van der Waals surface area contributed by atoms with E-state index < -0.39 is 36.1 Å². The highest BCUT2D eigenvalue weighted by Crippen LogP contribution is 2.24. The molecule has 0 radical (unpaired) electrons. The van der Waals surface area contributed by atoms with Crippen LogP contribution < -0.4 is 10.7 Å². The van der Waals surface area contributed by atoms with Gasteiger partial charge in [0, 0.05) is 36.9 Å². The average Bonchev–Trinajstić information content (AvgIpc) is 2.88. The smallest absolute Gasteiger partial charge is 0.255 e. The van der Waals surface area contributed by atoms with Gasteiger partial charge in [-0.15, -0.1) is 0 Å². The Hall–Kier alpha value is -2.91. The largest absolute Gasteiger partial charge is 0.380 e. The summed E-state index contributed by atoms with van der Waals surface area (Å²) in [6, 6.07) is 6.29. The molecule has 0 spiro atoms. The second kappa shape index (κ2) is 15.5. The zero-order valence-electron chi connectivity index (χ0n) is 22.9. The molecule has 38 heavy (non-hydrogen) atoms. The van der Waals surface area contributed by atoms with Crippen LogP contribution in [0.4, 0.5) is 0 Å². The second-order valence-corrected chi connectivity index (χ2v) is 9.64. The minimum absolute atomic E-state index is 0.348. The molecule has 0 fully saturated rings. The van der Waals surface area contributed by atoms with Crippen molar-refractivity contribution < 1.29 is 19.8 Å². The maximum absolute atomic E-state index is 13.2. The Labute approximate surface area is 231 Å². The number of aliphatic hydroxyl groups is 2. The summed E-state index contributed by atoms with van der Waals surface area (Å²) in [6.45, 7) is 7.83. The van der Waals surface area contributed by atoms with Crippen molar-refractivity contribution in [2.75, 3.05) is 13.6 Å². The number of hydrogen-bond acceptors (Lipinski definition) is 6. The first-order valence-corrected chi connectivity index (χ1v) is 13.4. The molecule has 2 rings (SSSR count). The number of aliphatic hydroxyl groups excluding tert-OH is 2. The lowest BCUT2D eigenvalue weighted by molar-refractivity contribution is -0.155. The summed E-state index contributed by atoms with van der Waals surface area (Å²) in [7, 11) is 1.85. The molecule has 0 saturated carbocycles. The van der Waals surface area contributed by atoms with Crippen molar-refractivity contribution in [2.24, 2.45) is 0 Å².